The van der Waals surface area contributed by atoms with Crippen LogP contribution in [0.4, 0.5) is 0 Å². The fraction of sp³-hybridized carbons (Fsp3) is 0.515. The first kappa shape index (κ1) is 27.9. The molecule has 212 valence electrons. The average Bonchev–Trinajstić information content (AvgIpc) is 3.49. The number of aromatic nitrogens is 1. The molecule has 2 aliphatic heterocycles. The predicted octanol–water partition coefficient (Wildman–Crippen LogP) is 6.84. The Balaban J connectivity index is 1.08. The van der Waals surface area contributed by atoms with Gasteiger partial charge < -0.3 is 10.0 Å². The van der Waals surface area contributed by atoms with Crippen molar-refractivity contribution >= 4 is 28.9 Å². The molecular formula is C33H40ClN3O2S. The molecule has 3 unspecified atom stereocenters. The second-order valence-corrected chi connectivity index (χ2v) is 13.9. The van der Waals surface area contributed by atoms with Gasteiger partial charge in [-0.05, 0) is 80.3 Å². The van der Waals surface area contributed by atoms with Crippen molar-refractivity contribution in [3.8, 4) is 0 Å². The van der Waals surface area contributed by atoms with Gasteiger partial charge in [-0.3, -0.25) is 9.69 Å². The fourth-order valence-corrected chi connectivity index (χ4v) is 8.05. The van der Waals surface area contributed by atoms with Crippen LogP contribution in [-0.4, -0.2) is 64.6 Å². The maximum Gasteiger partial charge on any atom is 0.320 e. The number of carboxylic acids is 1. The molecule has 0 bridgehead atoms. The summed E-state index contributed by atoms with van der Waals surface area (Å²) in [5.74, 6) is 1.38. The van der Waals surface area contributed by atoms with E-state index in [9.17, 15) is 9.90 Å². The first-order chi connectivity index (χ1) is 19.4. The van der Waals surface area contributed by atoms with Crippen molar-refractivity contribution < 1.29 is 9.90 Å². The molecule has 6 rings (SSSR count). The number of aliphatic carboxylic acids is 1. The molecule has 1 N–H and O–H groups in total. The molecule has 3 atom stereocenters. The lowest BCUT2D eigenvalue weighted by molar-refractivity contribution is -0.143. The molecule has 5 nitrogen and oxygen atoms in total. The average molecular weight is 578 g/mol. The number of likely N-dealkylation sites (tertiary alicyclic amines) is 2. The smallest absolute Gasteiger partial charge is 0.320 e. The normalized spacial score (nSPS) is 23.4. The molecule has 0 amide bonds. The summed E-state index contributed by atoms with van der Waals surface area (Å²) in [4.78, 5) is 23.4. The summed E-state index contributed by atoms with van der Waals surface area (Å²) in [6.07, 6.45) is 8.48. The summed E-state index contributed by atoms with van der Waals surface area (Å²) in [5.41, 5.74) is 3.90. The zero-order valence-corrected chi connectivity index (χ0v) is 24.9. The highest BCUT2D eigenvalue weighted by atomic mass is 35.5. The van der Waals surface area contributed by atoms with Gasteiger partial charge in [-0.1, -0.05) is 66.4 Å². The number of nitrogens with zero attached hydrogens (tertiary/aromatic N) is 3. The Kier molecular flexibility index (Phi) is 8.59. The van der Waals surface area contributed by atoms with E-state index in [0.29, 0.717) is 23.7 Å². The highest BCUT2D eigenvalue weighted by Crippen LogP contribution is 2.40. The van der Waals surface area contributed by atoms with Gasteiger partial charge in [0.25, 0.3) is 0 Å². The molecule has 3 heterocycles. The van der Waals surface area contributed by atoms with Crippen LogP contribution in [0, 0.1) is 18.8 Å². The quantitative estimate of drug-likeness (QED) is 0.286. The Morgan fingerprint density at radius 1 is 1.10 bits per heavy atom. The lowest BCUT2D eigenvalue weighted by Crippen LogP contribution is -2.41. The van der Waals surface area contributed by atoms with Crippen molar-refractivity contribution in [2.24, 2.45) is 11.8 Å². The molecule has 3 fully saturated rings. The molecule has 2 saturated heterocycles. The molecule has 40 heavy (non-hydrogen) atoms. The van der Waals surface area contributed by atoms with E-state index in [2.05, 4.69) is 59.3 Å². The van der Waals surface area contributed by atoms with Gasteiger partial charge in [-0.15, -0.1) is 11.3 Å². The molecule has 2 aromatic carbocycles. The zero-order chi connectivity index (χ0) is 27.6. The number of aryl methyl sites for hydroxylation is 1. The molecule has 1 saturated carbocycles. The van der Waals surface area contributed by atoms with E-state index in [1.165, 1.54) is 39.4 Å². The Hall–Kier alpha value is -2.25. The molecular weight excluding hydrogens is 538 g/mol. The second kappa shape index (κ2) is 12.3. The topological polar surface area (TPSA) is 56.7 Å². The number of thiazole rings is 1. The van der Waals surface area contributed by atoms with Crippen molar-refractivity contribution in [1.29, 1.82) is 0 Å². The third-order valence-corrected chi connectivity index (χ3v) is 10.7. The van der Waals surface area contributed by atoms with Gasteiger partial charge in [0.1, 0.15) is 6.04 Å². The number of benzene rings is 2. The fourth-order valence-electron chi connectivity index (χ4n) is 6.80. The van der Waals surface area contributed by atoms with Crippen LogP contribution in [0.3, 0.4) is 0 Å². The van der Waals surface area contributed by atoms with Gasteiger partial charge in [0.2, 0.25) is 0 Å². The summed E-state index contributed by atoms with van der Waals surface area (Å²) >= 11 is 7.90. The van der Waals surface area contributed by atoms with Crippen LogP contribution >= 0.6 is 22.9 Å². The van der Waals surface area contributed by atoms with E-state index in [1.54, 1.807) is 0 Å². The Bertz CT molecular complexity index is 1300. The number of halogens is 1. The number of hydrogen-bond donors (Lipinski definition) is 1. The van der Waals surface area contributed by atoms with Crippen LogP contribution in [0.5, 0.6) is 0 Å². The van der Waals surface area contributed by atoms with Crippen molar-refractivity contribution in [3.05, 3.63) is 86.3 Å². The maximum atomic E-state index is 12.3. The SMILES string of the molecule is Cc1cccc(C2CN(C(CC3CC3)C(=O)O)CC2CN2CCC(c3cnc(Cc4ccc(Cl)cc4)s3)CC2)c1. The van der Waals surface area contributed by atoms with E-state index >= 15 is 0 Å². The van der Waals surface area contributed by atoms with Gasteiger partial charge >= 0.3 is 5.97 Å². The minimum absolute atomic E-state index is 0.344. The van der Waals surface area contributed by atoms with Crippen LogP contribution in [0.15, 0.2) is 54.7 Å². The second-order valence-electron chi connectivity index (χ2n) is 12.3. The maximum absolute atomic E-state index is 12.3. The van der Waals surface area contributed by atoms with Gasteiger partial charge in [0.05, 0.1) is 5.01 Å². The summed E-state index contributed by atoms with van der Waals surface area (Å²) in [6.45, 7) is 7.12. The summed E-state index contributed by atoms with van der Waals surface area (Å²) < 4.78 is 0. The minimum atomic E-state index is -0.642. The number of carboxylic acid groups (broad SMARTS) is 1. The number of hydrogen-bond acceptors (Lipinski definition) is 5. The highest BCUT2D eigenvalue weighted by molar-refractivity contribution is 7.11. The monoisotopic (exact) mass is 577 g/mol. The highest BCUT2D eigenvalue weighted by Gasteiger charge is 2.42. The third-order valence-electron chi connectivity index (χ3n) is 9.24. The summed E-state index contributed by atoms with van der Waals surface area (Å²) in [6, 6.07) is 16.6. The van der Waals surface area contributed by atoms with Crippen molar-refractivity contribution in [2.45, 2.75) is 63.3 Å². The lowest BCUT2D eigenvalue weighted by atomic mass is 9.87. The molecule has 1 aromatic heterocycles. The van der Waals surface area contributed by atoms with Crippen molar-refractivity contribution in [2.75, 3.05) is 32.7 Å². The van der Waals surface area contributed by atoms with Crippen LogP contribution in [0.1, 0.15) is 70.5 Å². The van der Waals surface area contributed by atoms with Crippen molar-refractivity contribution in [1.82, 2.24) is 14.8 Å². The van der Waals surface area contributed by atoms with Gasteiger partial charge in [0, 0.05) is 48.1 Å². The summed E-state index contributed by atoms with van der Waals surface area (Å²) in [5, 5.41) is 12.0. The predicted molar refractivity (Wildman–Crippen MR) is 163 cm³/mol. The Morgan fingerprint density at radius 3 is 2.58 bits per heavy atom. The van der Waals surface area contributed by atoms with E-state index in [-0.39, 0.29) is 6.04 Å². The number of rotatable bonds is 10. The number of carbonyl (C=O) groups is 1. The van der Waals surface area contributed by atoms with Crippen LogP contribution in [0.2, 0.25) is 5.02 Å². The Morgan fingerprint density at radius 2 is 1.88 bits per heavy atom. The molecule has 1 aliphatic carbocycles. The molecule has 0 spiro atoms. The van der Waals surface area contributed by atoms with E-state index in [4.69, 9.17) is 16.6 Å². The lowest BCUT2D eigenvalue weighted by Gasteiger charge is -2.34. The van der Waals surface area contributed by atoms with E-state index < -0.39 is 5.97 Å². The molecule has 7 heteroatoms. The molecule has 3 aromatic rings. The third kappa shape index (κ3) is 6.79. The van der Waals surface area contributed by atoms with Gasteiger partial charge in [-0.25, -0.2) is 4.98 Å². The van der Waals surface area contributed by atoms with Crippen LogP contribution in [0.25, 0.3) is 0 Å². The first-order valence-electron chi connectivity index (χ1n) is 14.9. The standard InChI is InChI=1S/C33H40ClN3O2S/c1-22-3-2-4-26(15-22)29-21-37(30(33(38)39)16-23-5-6-23)20-27(29)19-36-13-11-25(12-14-36)31-18-35-32(40-31)17-24-7-9-28(34)10-8-24/h2-4,7-10,15,18,23,25,27,29-30H,5-6,11-14,16-17,19-21H2,1H3,(H,38,39). The Labute approximate surface area is 247 Å². The molecule has 0 radical (unpaired) electrons. The first-order valence-corrected chi connectivity index (χ1v) is 16.1. The van der Waals surface area contributed by atoms with E-state index in [1.807, 2.05) is 23.5 Å². The number of piperidine rings is 1. The van der Waals surface area contributed by atoms with Crippen molar-refractivity contribution in [3.63, 3.8) is 0 Å². The van der Waals surface area contributed by atoms with Crippen LogP contribution in [-0.2, 0) is 11.2 Å². The van der Waals surface area contributed by atoms with Crippen LogP contribution < -0.4 is 0 Å². The van der Waals surface area contributed by atoms with E-state index in [0.717, 1.165) is 63.4 Å². The van der Waals surface area contributed by atoms with Gasteiger partial charge in [0.15, 0.2) is 0 Å². The summed E-state index contributed by atoms with van der Waals surface area (Å²) in [7, 11) is 0. The molecule has 3 aliphatic rings. The minimum Gasteiger partial charge on any atom is -0.480 e. The zero-order valence-electron chi connectivity index (χ0n) is 23.3. The largest absolute Gasteiger partial charge is 0.480 e. The van der Waals surface area contributed by atoms with Gasteiger partial charge in [-0.2, -0.15) is 0 Å².